The van der Waals surface area contributed by atoms with Crippen molar-refractivity contribution in [3.63, 3.8) is 0 Å². The maximum Gasteiger partial charge on any atom is 0.198 e. The van der Waals surface area contributed by atoms with E-state index in [0.717, 1.165) is 12.0 Å². The lowest BCUT2D eigenvalue weighted by Crippen LogP contribution is -2.34. The maximum atomic E-state index is 8.99. The van der Waals surface area contributed by atoms with E-state index in [9.17, 15) is 0 Å². The van der Waals surface area contributed by atoms with Crippen molar-refractivity contribution in [1.82, 2.24) is 0 Å². The van der Waals surface area contributed by atoms with E-state index in [1.165, 1.54) is 0 Å². The molecular weight excluding hydrogens is 216 g/mol. The van der Waals surface area contributed by atoms with Crippen molar-refractivity contribution < 1.29 is 14.9 Å². The minimum Gasteiger partial charge on any atom is -0.343 e. The van der Waals surface area contributed by atoms with E-state index in [1.54, 1.807) is 0 Å². The quantitative estimate of drug-likeness (QED) is 0.465. The minimum atomic E-state index is -0.646. The second kappa shape index (κ2) is 6.15. The van der Waals surface area contributed by atoms with Crippen LogP contribution in [-0.4, -0.2) is 17.1 Å². The highest BCUT2D eigenvalue weighted by molar-refractivity contribution is 5.19. The molecule has 0 radical (unpaired) electrons. The smallest absolute Gasteiger partial charge is 0.198 e. The molecule has 1 N–H and O–H groups in total. The minimum absolute atomic E-state index is 0.0213. The van der Waals surface area contributed by atoms with Crippen LogP contribution in [0.25, 0.3) is 0 Å². The number of hydrogen-bond acceptors (Lipinski definition) is 3. The van der Waals surface area contributed by atoms with Gasteiger partial charge in [0.15, 0.2) is 6.29 Å². The van der Waals surface area contributed by atoms with Crippen molar-refractivity contribution in [2.75, 3.05) is 0 Å². The van der Waals surface area contributed by atoms with Gasteiger partial charge in [-0.05, 0) is 25.8 Å². The van der Waals surface area contributed by atoms with Crippen molar-refractivity contribution in [2.45, 2.75) is 51.9 Å². The summed E-state index contributed by atoms with van der Waals surface area (Å²) < 4.78 is 5.78. The van der Waals surface area contributed by atoms with Gasteiger partial charge < -0.3 is 4.74 Å². The van der Waals surface area contributed by atoms with Crippen molar-refractivity contribution in [3.8, 4) is 0 Å². The molecule has 0 aliphatic heterocycles. The fourth-order valence-corrected chi connectivity index (χ4v) is 1.53. The zero-order valence-corrected chi connectivity index (χ0v) is 11.0. The first-order valence-corrected chi connectivity index (χ1v) is 6.03. The van der Waals surface area contributed by atoms with Gasteiger partial charge in [-0.15, -0.1) is 0 Å². The lowest BCUT2D eigenvalue weighted by atomic mass is 9.99. The van der Waals surface area contributed by atoms with Gasteiger partial charge in [0.2, 0.25) is 0 Å². The normalized spacial score (nSPS) is 15.6. The average Bonchev–Trinajstić information content (AvgIpc) is 2.36. The molecule has 1 rings (SSSR count). The second-order valence-electron chi connectivity index (χ2n) is 4.90. The molecular formula is C14H22O3. The van der Waals surface area contributed by atoms with Gasteiger partial charge in [0, 0.05) is 5.92 Å². The summed E-state index contributed by atoms with van der Waals surface area (Å²) in [6.45, 7) is 7.98. The molecule has 0 aliphatic rings. The van der Waals surface area contributed by atoms with Crippen molar-refractivity contribution in [3.05, 3.63) is 35.9 Å². The topological polar surface area (TPSA) is 38.7 Å². The molecule has 0 heterocycles. The summed E-state index contributed by atoms with van der Waals surface area (Å²) in [6, 6.07) is 9.89. The summed E-state index contributed by atoms with van der Waals surface area (Å²) in [5.74, 6) is -0.0213. The SMILES string of the molecule is CCC(C)(C)OC(OO)C(C)c1ccccc1. The van der Waals surface area contributed by atoms with Crippen LogP contribution in [0.3, 0.4) is 0 Å². The molecule has 3 heteroatoms. The molecule has 0 bridgehead atoms. The molecule has 17 heavy (non-hydrogen) atoms. The second-order valence-corrected chi connectivity index (χ2v) is 4.90. The van der Waals surface area contributed by atoms with Gasteiger partial charge in [0.25, 0.3) is 0 Å². The van der Waals surface area contributed by atoms with Crippen LogP contribution in [0.1, 0.15) is 45.6 Å². The van der Waals surface area contributed by atoms with Gasteiger partial charge in [0.05, 0.1) is 5.60 Å². The first kappa shape index (κ1) is 14.2. The van der Waals surface area contributed by atoms with Gasteiger partial charge in [-0.2, -0.15) is 0 Å². The molecule has 0 aromatic heterocycles. The van der Waals surface area contributed by atoms with E-state index in [1.807, 2.05) is 58.0 Å². The third-order valence-electron chi connectivity index (χ3n) is 3.12. The predicted octanol–water partition coefficient (Wildman–Crippen LogP) is 3.81. The van der Waals surface area contributed by atoms with Crippen LogP contribution in [-0.2, 0) is 9.62 Å². The standard InChI is InChI=1S/C14H22O3/c1-5-14(3,4)16-13(17-15)11(2)12-9-7-6-8-10-12/h6-11,13,15H,5H2,1-4H3. The molecule has 0 aliphatic carbocycles. The molecule has 0 saturated heterocycles. The third kappa shape index (κ3) is 4.11. The molecule has 0 fully saturated rings. The fraction of sp³-hybridized carbons (Fsp3) is 0.571. The molecule has 1 aromatic rings. The Balaban J connectivity index is 2.74. The molecule has 0 spiro atoms. The average molecular weight is 238 g/mol. The molecule has 3 nitrogen and oxygen atoms in total. The van der Waals surface area contributed by atoms with E-state index >= 15 is 0 Å². The van der Waals surface area contributed by atoms with Crippen LogP contribution >= 0.6 is 0 Å². The fourth-order valence-electron chi connectivity index (χ4n) is 1.53. The largest absolute Gasteiger partial charge is 0.343 e. The molecule has 2 atom stereocenters. The summed E-state index contributed by atoms with van der Waals surface area (Å²) >= 11 is 0. The number of hydrogen-bond donors (Lipinski definition) is 1. The zero-order valence-electron chi connectivity index (χ0n) is 11.0. The van der Waals surface area contributed by atoms with Crippen LogP contribution < -0.4 is 0 Å². The highest BCUT2D eigenvalue weighted by Gasteiger charge is 2.27. The summed E-state index contributed by atoms with van der Waals surface area (Å²) in [7, 11) is 0. The molecule has 0 amide bonds. The Labute approximate surface area is 103 Å². The Morgan fingerprint density at radius 1 is 1.24 bits per heavy atom. The monoisotopic (exact) mass is 238 g/mol. The number of benzene rings is 1. The van der Waals surface area contributed by atoms with E-state index in [2.05, 4.69) is 4.89 Å². The van der Waals surface area contributed by atoms with Crippen molar-refractivity contribution in [2.24, 2.45) is 0 Å². The Bertz CT molecular complexity index is 321. The summed E-state index contributed by atoms with van der Waals surface area (Å²) in [5.41, 5.74) is 0.773. The van der Waals surface area contributed by atoms with Gasteiger partial charge in [-0.3, -0.25) is 0 Å². The highest BCUT2D eigenvalue weighted by atomic mass is 17.1. The lowest BCUT2D eigenvalue weighted by molar-refractivity contribution is -0.369. The Morgan fingerprint density at radius 3 is 2.29 bits per heavy atom. The molecule has 1 aromatic carbocycles. The first-order chi connectivity index (χ1) is 8.00. The molecule has 2 unspecified atom stereocenters. The van der Waals surface area contributed by atoms with Gasteiger partial charge >= 0.3 is 0 Å². The maximum absolute atomic E-state index is 8.99. The summed E-state index contributed by atoms with van der Waals surface area (Å²) in [6.07, 6.45) is 0.210. The van der Waals surface area contributed by atoms with E-state index in [4.69, 9.17) is 9.99 Å². The highest BCUT2D eigenvalue weighted by Crippen LogP contribution is 2.26. The van der Waals surface area contributed by atoms with E-state index in [-0.39, 0.29) is 11.5 Å². The number of ether oxygens (including phenoxy) is 1. The van der Waals surface area contributed by atoms with E-state index < -0.39 is 6.29 Å². The Kier molecular flexibility index (Phi) is 5.12. The number of rotatable bonds is 6. The van der Waals surface area contributed by atoms with Crippen LogP contribution in [0.2, 0.25) is 0 Å². The Hall–Kier alpha value is -0.900. The lowest BCUT2D eigenvalue weighted by Gasteiger charge is -2.31. The molecule has 0 saturated carbocycles. The van der Waals surface area contributed by atoms with Crippen LogP contribution in [0.5, 0.6) is 0 Å². The van der Waals surface area contributed by atoms with Crippen molar-refractivity contribution >= 4 is 0 Å². The van der Waals surface area contributed by atoms with Crippen LogP contribution in [0, 0.1) is 0 Å². The molecule has 96 valence electrons. The van der Waals surface area contributed by atoms with E-state index in [0.29, 0.717) is 0 Å². The Morgan fingerprint density at radius 2 is 1.82 bits per heavy atom. The van der Waals surface area contributed by atoms with Crippen LogP contribution in [0.4, 0.5) is 0 Å². The summed E-state index contributed by atoms with van der Waals surface area (Å²) in [5, 5.41) is 8.99. The summed E-state index contributed by atoms with van der Waals surface area (Å²) in [4.78, 5) is 4.48. The van der Waals surface area contributed by atoms with Crippen molar-refractivity contribution in [1.29, 1.82) is 0 Å². The van der Waals surface area contributed by atoms with Gasteiger partial charge in [0.1, 0.15) is 0 Å². The third-order valence-corrected chi connectivity index (χ3v) is 3.12. The van der Waals surface area contributed by atoms with Gasteiger partial charge in [-0.25, -0.2) is 10.1 Å². The first-order valence-electron chi connectivity index (χ1n) is 6.03. The van der Waals surface area contributed by atoms with Gasteiger partial charge in [-0.1, -0.05) is 44.2 Å². The van der Waals surface area contributed by atoms with Crippen LogP contribution in [0.15, 0.2) is 30.3 Å². The predicted molar refractivity (Wildman–Crippen MR) is 67.8 cm³/mol. The zero-order chi connectivity index (χ0) is 12.9.